The summed E-state index contributed by atoms with van der Waals surface area (Å²) in [6.45, 7) is 3.23. The van der Waals surface area contributed by atoms with Crippen LogP contribution < -0.4 is 9.62 Å². The van der Waals surface area contributed by atoms with Gasteiger partial charge in [-0.3, -0.25) is 9.10 Å². The lowest BCUT2D eigenvalue weighted by atomic mass is 10.1. The first-order chi connectivity index (χ1) is 16.1. The lowest BCUT2D eigenvalue weighted by molar-refractivity contribution is 0.102. The number of benzene rings is 3. The molecule has 1 aliphatic rings. The Kier molecular flexibility index (Phi) is 6.17. The molecule has 1 amide bonds. The zero-order valence-corrected chi connectivity index (χ0v) is 19.5. The Labute approximate surface area is 201 Å². The Bertz CT molecular complexity index is 1340. The van der Waals surface area contributed by atoms with Gasteiger partial charge in [0.2, 0.25) is 0 Å². The molecule has 0 unspecified atom stereocenters. The van der Waals surface area contributed by atoms with Gasteiger partial charge in [-0.25, -0.2) is 9.97 Å². The van der Waals surface area contributed by atoms with E-state index < -0.39 is 0 Å². The van der Waals surface area contributed by atoms with E-state index in [-0.39, 0.29) is 5.91 Å². The molecule has 8 heteroatoms. The minimum Gasteiger partial charge on any atom is -0.359 e. The predicted octanol–water partition coefficient (Wildman–Crippen LogP) is 5.95. The van der Waals surface area contributed by atoms with Gasteiger partial charge in [-0.05, 0) is 66.9 Å². The van der Waals surface area contributed by atoms with E-state index in [2.05, 4.69) is 19.6 Å². The molecule has 2 heterocycles. The van der Waals surface area contributed by atoms with Gasteiger partial charge in [-0.1, -0.05) is 29.8 Å². The molecule has 6 nitrogen and oxygen atoms in total. The van der Waals surface area contributed by atoms with Gasteiger partial charge in [-0.2, -0.15) is 0 Å². The Balaban J connectivity index is 1.38. The van der Waals surface area contributed by atoms with Crippen molar-refractivity contribution in [1.82, 2.24) is 9.97 Å². The van der Waals surface area contributed by atoms with Crippen molar-refractivity contribution in [2.75, 3.05) is 28.7 Å². The van der Waals surface area contributed by atoms with Crippen molar-refractivity contribution in [2.24, 2.45) is 0 Å². The van der Waals surface area contributed by atoms with Gasteiger partial charge in [0.15, 0.2) is 5.82 Å². The zero-order valence-electron chi connectivity index (χ0n) is 17.9. The summed E-state index contributed by atoms with van der Waals surface area (Å²) >= 11 is 8.17. The first-order valence-electron chi connectivity index (χ1n) is 10.5. The number of carbonyl (C=O) groups is 1. The zero-order chi connectivity index (χ0) is 22.8. The molecule has 33 heavy (non-hydrogen) atoms. The molecule has 1 aliphatic heterocycles. The van der Waals surface area contributed by atoms with E-state index in [4.69, 9.17) is 16.3 Å². The lowest BCUT2D eigenvalue weighted by Gasteiger charge is -2.27. The van der Waals surface area contributed by atoms with Crippen molar-refractivity contribution in [3.05, 3.63) is 83.0 Å². The molecular formula is C25H21ClN4O2S. The maximum absolute atomic E-state index is 13.0. The van der Waals surface area contributed by atoms with Crippen LogP contribution in [0.1, 0.15) is 15.9 Å². The highest BCUT2D eigenvalue weighted by molar-refractivity contribution is 8.00. The van der Waals surface area contributed by atoms with Gasteiger partial charge in [0, 0.05) is 39.8 Å². The third kappa shape index (κ3) is 4.66. The van der Waals surface area contributed by atoms with E-state index in [9.17, 15) is 4.79 Å². The predicted molar refractivity (Wildman–Crippen MR) is 135 cm³/mol. The molecular weight excluding hydrogens is 456 g/mol. The van der Waals surface area contributed by atoms with E-state index in [0.717, 1.165) is 34.5 Å². The first kappa shape index (κ1) is 21.7. The molecule has 166 valence electrons. The van der Waals surface area contributed by atoms with Crippen molar-refractivity contribution in [1.29, 1.82) is 0 Å². The number of amides is 1. The summed E-state index contributed by atoms with van der Waals surface area (Å²) in [6, 6.07) is 18.9. The van der Waals surface area contributed by atoms with Crippen LogP contribution in [0.25, 0.3) is 22.3 Å². The number of nitrogens with one attached hydrogen (secondary N) is 1. The van der Waals surface area contributed by atoms with Crippen molar-refractivity contribution < 1.29 is 9.53 Å². The third-order valence-corrected chi connectivity index (χ3v) is 6.69. The number of aryl methyl sites for hydroxylation is 1. The van der Waals surface area contributed by atoms with Crippen molar-refractivity contribution in [2.45, 2.75) is 6.92 Å². The second-order valence-corrected chi connectivity index (χ2v) is 9.16. The number of ether oxygens (including phenoxy) is 1. The fourth-order valence-electron chi connectivity index (χ4n) is 3.67. The summed E-state index contributed by atoms with van der Waals surface area (Å²) in [7, 11) is 0. The first-order valence-corrected chi connectivity index (χ1v) is 11.8. The maximum Gasteiger partial charge on any atom is 0.255 e. The second kappa shape index (κ2) is 9.39. The summed E-state index contributed by atoms with van der Waals surface area (Å²) in [5, 5.41) is 4.45. The molecule has 0 bridgehead atoms. The summed E-state index contributed by atoms with van der Waals surface area (Å²) in [4.78, 5) is 22.1. The van der Waals surface area contributed by atoms with Crippen molar-refractivity contribution in [3.8, 4) is 11.4 Å². The molecule has 0 atom stereocenters. The van der Waals surface area contributed by atoms with Crippen LogP contribution in [0.5, 0.6) is 0 Å². The number of carbonyl (C=O) groups excluding carboxylic acids is 1. The number of hydrogen-bond acceptors (Lipinski definition) is 6. The lowest BCUT2D eigenvalue weighted by Crippen LogP contribution is -2.26. The molecule has 5 rings (SSSR count). The molecule has 1 fully saturated rings. The molecule has 1 saturated heterocycles. The van der Waals surface area contributed by atoms with Gasteiger partial charge < -0.3 is 10.1 Å². The van der Waals surface area contributed by atoms with Gasteiger partial charge in [0.25, 0.3) is 5.91 Å². The SMILES string of the molecule is Cc1cc(N2COCCS2)ccc1C(=O)Nc1ccc(Cl)c(-c2ncc3ccccc3n2)c1. The Morgan fingerprint density at radius 2 is 2.03 bits per heavy atom. The number of aromatic nitrogens is 2. The van der Waals surface area contributed by atoms with Crippen LogP contribution in [0.3, 0.4) is 0 Å². The molecule has 0 saturated carbocycles. The highest BCUT2D eigenvalue weighted by atomic mass is 35.5. The monoisotopic (exact) mass is 476 g/mol. The van der Waals surface area contributed by atoms with Crippen LogP contribution in [0.4, 0.5) is 11.4 Å². The average molecular weight is 477 g/mol. The van der Waals surface area contributed by atoms with E-state index in [1.54, 1.807) is 36.3 Å². The van der Waals surface area contributed by atoms with Crippen LogP contribution >= 0.6 is 23.5 Å². The minimum atomic E-state index is -0.186. The number of nitrogens with zero attached hydrogens (tertiary/aromatic N) is 3. The smallest absolute Gasteiger partial charge is 0.255 e. The van der Waals surface area contributed by atoms with Crippen LogP contribution in [-0.2, 0) is 4.74 Å². The molecule has 1 N–H and O–H groups in total. The molecule has 4 aromatic rings. The number of para-hydroxylation sites is 1. The van der Waals surface area contributed by atoms with Crippen LogP contribution in [-0.4, -0.2) is 35.0 Å². The summed E-state index contributed by atoms with van der Waals surface area (Å²) in [5.74, 6) is 1.24. The summed E-state index contributed by atoms with van der Waals surface area (Å²) in [6.07, 6.45) is 1.77. The molecule has 0 radical (unpaired) electrons. The Morgan fingerprint density at radius 3 is 2.85 bits per heavy atom. The average Bonchev–Trinajstić information content (AvgIpc) is 2.85. The molecule has 3 aromatic carbocycles. The number of halogens is 1. The second-order valence-electron chi connectivity index (χ2n) is 7.65. The number of fused-ring (bicyclic) bond motifs is 1. The number of hydrogen-bond donors (Lipinski definition) is 1. The summed E-state index contributed by atoms with van der Waals surface area (Å²) < 4.78 is 7.61. The number of anilines is 2. The van der Waals surface area contributed by atoms with Gasteiger partial charge in [0.05, 0.1) is 17.1 Å². The van der Waals surface area contributed by atoms with Crippen LogP contribution in [0.15, 0.2) is 66.9 Å². The van der Waals surface area contributed by atoms with Crippen LogP contribution in [0, 0.1) is 6.92 Å². The van der Waals surface area contributed by atoms with Crippen molar-refractivity contribution >= 4 is 51.7 Å². The Morgan fingerprint density at radius 1 is 1.15 bits per heavy atom. The van der Waals surface area contributed by atoms with Gasteiger partial charge in [0.1, 0.15) is 6.73 Å². The third-order valence-electron chi connectivity index (χ3n) is 5.38. The topological polar surface area (TPSA) is 67.3 Å². The van der Waals surface area contributed by atoms with Crippen molar-refractivity contribution in [3.63, 3.8) is 0 Å². The molecule has 0 spiro atoms. The fourth-order valence-corrected chi connectivity index (χ4v) is 4.70. The van der Waals surface area contributed by atoms with E-state index in [1.807, 2.05) is 49.4 Å². The highest BCUT2D eigenvalue weighted by Gasteiger charge is 2.16. The quantitative estimate of drug-likeness (QED) is 0.367. The molecule has 1 aromatic heterocycles. The van der Waals surface area contributed by atoms with Crippen LogP contribution in [0.2, 0.25) is 5.02 Å². The largest absolute Gasteiger partial charge is 0.359 e. The van der Waals surface area contributed by atoms with Gasteiger partial charge in [-0.15, -0.1) is 0 Å². The Hall–Kier alpha value is -3.13. The molecule has 0 aliphatic carbocycles. The standard InChI is InChI=1S/C25H21ClN4O2S/c1-16-12-19(30-15-32-10-11-33-30)7-8-20(16)25(31)28-18-6-9-22(26)21(13-18)24-27-14-17-4-2-3-5-23(17)29-24/h2-9,12-14H,10-11,15H2,1H3,(H,28,31). The normalized spacial score (nSPS) is 13.8. The highest BCUT2D eigenvalue weighted by Crippen LogP contribution is 2.30. The van der Waals surface area contributed by atoms with E-state index in [1.165, 1.54) is 0 Å². The fraction of sp³-hybridized carbons (Fsp3) is 0.160. The summed E-state index contributed by atoms with van der Waals surface area (Å²) in [5.41, 5.74) is 4.65. The maximum atomic E-state index is 13.0. The van der Waals surface area contributed by atoms with E-state index >= 15 is 0 Å². The number of rotatable bonds is 4. The minimum absolute atomic E-state index is 0.186. The van der Waals surface area contributed by atoms with Gasteiger partial charge >= 0.3 is 0 Å². The van der Waals surface area contributed by atoms with E-state index in [0.29, 0.717) is 34.4 Å².